The highest BCUT2D eigenvalue weighted by Crippen LogP contribution is 2.22. The molecule has 0 unspecified atom stereocenters. The Kier molecular flexibility index (Phi) is 4.87. The van der Waals surface area contributed by atoms with Gasteiger partial charge in [0.25, 0.3) is 0 Å². The van der Waals surface area contributed by atoms with E-state index in [9.17, 15) is 9.18 Å². The summed E-state index contributed by atoms with van der Waals surface area (Å²) in [6.45, 7) is 2.64. The molecule has 27 heavy (non-hydrogen) atoms. The fourth-order valence-corrected chi connectivity index (χ4v) is 3.34. The molecule has 0 saturated carbocycles. The molecule has 2 aromatic carbocycles. The number of aromatic nitrogens is 2. The van der Waals surface area contributed by atoms with Gasteiger partial charge in [0.2, 0.25) is 5.91 Å². The molecule has 2 heterocycles. The molecule has 1 N–H and O–H groups in total. The van der Waals surface area contributed by atoms with Crippen molar-refractivity contribution in [2.75, 3.05) is 31.1 Å². The van der Waals surface area contributed by atoms with Crippen LogP contribution in [0.4, 0.5) is 10.2 Å². The topological polar surface area (TPSA) is 52.2 Å². The number of amides is 1. The van der Waals surface area contributed by atoms with E-state index in [0.717, 1.165) is 17.1 Å². The van der Waals surface area contributed by atoms with Crippen molar-refractivity contribution in [1.82, 2.24) is 15.1 Å². The van der Waals surface area contributed by atoms with Crippen molar-refractivity contribution >= 4 is 11.7 Å². The second-order valence-corrected chi connectivity index (χ2v) is 6.64. The Morgan fingerprint density at radius 2 is 1.70 bits per heavy atom. The third-order valence-electron chi connectivity index (χ3n) is 4.91. The smallest absolute Gasteiger partial charge is 0.227 e. The molecule has 0 radical (unpaired) electrons. The Balaban J connectivity index is 1.36. The lowest BCUT2D eigenvalue weighted by Crippen LogP contribution is -2.49. The molecule has 1 aliphatic rings. The highest BCUT2D eigenvalue weighted by atomic mass is 19.1. The second kappa shape index (κ2) is 7.61. The van der Waals surface area contributed by atoms with Gasteiger partial charge in [-0.1, -0.05) is 48.5 Å². The Morgan fingerprint density at radius 3 is 2.44 bits per heavy atom. The average Bonchev–Trinajstić information content (AvgIpc) is 3.21. The fourth-order valence-electron chi connectivity index (χ4n) is 3.34. The first-order valence-electron chi connectivity index (χ1n) is 9.07. The molecule has 0 aliphatic carbocycles. The molecule has 4 rings (SSSR count). The second-order valence-electron chi connectivity index (χ2n) is 6.64. The van der Waals surface area contributed by atoms with Crippen molar-refractivity contribution in [3.05, 3.63) is 72.0 Å². The number of halogens is 1. The fraction of sp³-hybridized carbons (Fsp3) is 0.238. The average molecular weight is 364 g/mol. The van der Waals surface area contributed by atoms with E-state index in [1.165, 1.54) is 6.07 Å². The largest absolute Gasteiger partial charge is 0.352 e. The van der Waals surface area contributed by atoms with Crippen LogP contribution in [-0.4, -0.2) is 47.2 Å². The molecular formula is C21H21FN4O. The third-order valence-corrected chi connectivity index (χ3v) is 4.91. The van der Waals surface area contributed by atoms with Crippen LogP contribution in [-0.2, 0) is 11.2 Å². The molecule has 0 atom stereocenters. The summed E-state index contributed by atoms with van der Waals surface area (Å²) in [6.07, 6.45) is 0.104. The first kappa shape index (κ1) is 17.3. The van der Waals surface area contributed by atoms with Crippen LogP contribution in [0.5, 0.6) is 0 Å². The minimum Gasteiger partial charge on any atom is -0.352 e. The van der Waals surface area contributed by atoms with E-state index in [2.05, 4.69) is 15.1 Å². The quantitative estimate of drug-likeness (QED) is 0.774. The summed E-state index contributed by atoms with van der Waals surface area (Å²) >= 11 is 0. The third kappa shape index (κ3) is 3.84. The molecule has 1 aliphatic heterocycles. The van der Waals surface area contributed by atoms with Crippen LogP contribution in [0.15, 0.2) is 60.7 Å². The van der Waals surface area contributed by atoms with Crippen LogP contribution in [0.3, 0.4) is 0 Å². The first-order valence-corrected chi connectivity index (χ1v) is 9.07. The zero-order valence-corrected chi connectivity index (χ0v) is 14.9. The van der Waals surface area contributed by atoms with Gasteiger partial charge in [-0.3, -0.25) is 9.89 Å². The molecule has 1 aromatic heterocycles. The van der Waals surface area contributed by atoms with Gasteiger partial charge in [0.15, 0.2) is 5.82 Å². The summed E-state index contributed by atoms with van der Waals surface area (Å²) in [5.41, 5.74) is 2.52. The van der Waals surface area contributed by atoms with E-state index in [4.69, 9.17) is 0 Å². The number of anilines is 1. The van der Waals surface area contributed by atoms with Gasteiger partial charge >= 0.3 is 0 Å². The van der Waals surface area contributed by atoms with Crippen molar-refractivity contribution < 1.29 is 9.18 Å². The lowest BCUT2D eigenvalue weighted by molar-refractivity contribution is -0.130. The predicted molar refractivity (Wildman–Crippen MR) is 103 cm³/mol. The number of benzene rings is 2. The number of carbonyl (C=O) groups is 1. The number of carbonyl (C=O) groups excluding carboxylic acids is 1. The molecule has 0 spiro atoms. The SMILES string of the molecule is O=C(Cc1ccccc1F)N1CCN(c2cc(-c3ccccc3)[nH]n2)CC1. The number of piperazine rings is 1. The Hall–Kier alpha value is -3.15. The van der Waals surface area contributed by atoms with Crippen molar-refractivity contribution in [3.63, 3.8) is 0 Å². The Bertz CT molecular complexity index is 917. The number of aromatic amines is 1. The van der Waals surface area contributed by atoms with Crippen LogP contribution in [0, 0.1) is 5.82 Å². The summed E-state index contributed by atoms with van der Waals surface area (Å²) in [5, 5.41) is 7.49. The van der Waals surface area contributed by atoms with Gasteiger partial charge in [-0.05, 0) is 17.2 Å². The Labute approximate surface area is 157 Å². The summed E-state index contributed by atoms with van der Waals surface area (Å²) in [6, 6.07) is 18.5. The van der Waals surface area contributed by atoms with Crippen LogP contribution >= 0.6 is 0 Å². The number of hydrogen-bond acceptors (Lipinski definition) is 3. The minimum atomic E-state index is -0.325. The van der Waals surface area contributed by atoms with E-state index in [-0.39, 0.29) is 18.1 Å². The molecule has 6 heteroatoms. The summed E-state index contributed by atoms with van der Waals surface area (Å²) < 4.78 is 13.8. The maximum Gasteiger partial charge on any atom is 0.227 e. The lowest BCUT2D eigenvalue weighted by Gasteiger charge is -2.34. The normalized spacial score (nSPS) is 14.4. The van der Waals surface area contributed by atoms with Crippen molar-refractivity contribution in [1.29, 1.82) is 0 Å². The predicted octanol–water partition coefficient (Wildman–Crippen LogP) is 3.11. The van der Waals surface area contributed by atoms with Gasteiger partial charge in [-0.2, -0.15) is 5.10 Å². The Morgan fingerprint density at radius 1 is 1.00 bits per heavy atom. The number of rotatable bonds is 4. The van der Waals surface area contributed by atoms with E-state index >= 15 is 0 Å². The monoisotopic (exact) mass is 364 g/mol. The van der Waals surface area contributed by atoms with Gasteiger partial charge in [-0.25, -0.2) is 4.39 Å². The standard InChI is InChI=1S/C21H21FN4O/c22-18-9-5-4-8-17(18)14-21(27)26-12-10-25(11-13-26)20-15-19(23-24-20)16-6-2-1-3-7-16/h1-9,15H,10-14H2,(H,23,24). The van der Waals surface area contributed by atoms with Gasteiger partial charge in [-0.15, -0.1) is 0 Å². The number of nitrogens with one attached hydrogen (secondary N) is 1. The first-order chi connectivity index (χ1) is 13.2. The van der Waals surface area contributed by atoms with E-state index in [1.807, 2.05) is 36.4 Å². The highest BCUT2D eigenvalue weighted by Gasteiger charge is 2.23. The maximum absolute atomic E-state index is 13.8. The van der Waals surface area contributed by atoms with E-state index < -0.39 is 0 Å². The molecule has 3 aromatic rings. The number of nitrogens with zero attached hydrogens (tertiary/aromatic N) is 3. The molecular weight excluding hydrogens is 343 g/mol. The zero-order chi connectivity index (χ0) is 18.6. The van der Waals surface area contributed by atoms with Crippen LogP contribution < -0.4 is 4.90 Å². The summed E-state index contributed by atoms with van der Waals surface area (Å²) in [5.74, 6) is 0.524. The highest BCUT2D eigenvalue weighted by molar-refractivity contribution is 5.79. The lowest BCUT2D eigenvalue weighted by atomic mass is 10.1. The van der Waals surface area contributed by atoms with Gasteiger partial charge in [0.1, 0.15) is 5.82 Å². The molecule has 1 amide bonds. The minimum absolute atomic E-state index is 0.0354. The van der Waals surface area contributed by atoms with Crippen molar-refractivity contribution in [2.24, 2.45) is 0 Å². The zero-order valence-electron chi connectivity index (χ0n) is 14.9. The maximum atomic E-state index is 13.8. The summed E-state index contributed by atoms with van der Waals surface area (Å²) in [4.78, 5) is 16.4. The molecule has 138 valence electrons. The van der Waals surface area contributed by atoms with Crippen molar-refractivity contribution in [2.45, 2.75) is 6.42 Å². The summed E-state index contributed by atoms with van der Waals surface area (Å²) in [7, 11) is 0. The van der Waals surface area contributed by atoms with Crippen molar-refractivity contribution in [3.8, 4) is 11.3 Å². The van der Waals surface area contributed by atoms with Crippen LogP contribution in [0.1, 0.15) is 5.56 Å². The van der Waals surface area contributed by atoms with E-state index in [0.29, 0.717) is 31.7 Å². The van der Waals surface area contributed by atoms with Crippen LogP contribution in [0.2, 0.25) is 0 Å². The van der Waals surface area contributed by atoms with E-state index in [1.54, 1.807) is 23.1 Å². The molecule has 5 nitrogen and oxygen atoms in total. The molecule has 1 saturated heterocycles. The number of hydrogen-bond donors (Lipinski definition) is 1. The van der Waals surface area contributed by atoms with Gasteiger partial charge < -0.3 is 9.80 Å². The molecule has 1 fully saturated rings. The number of H-pyrrole nitrogens is 1. The van der Waals surface area contributed by atoms with Crippen LogP contribution in [0.25, 0.3) is 11.3 Å². The molecule has 0 bridgehead atoms. The van der Waals surface area contributed by atoms with Gasteiger partial charge in [0.05, 0.1) is 12.1 Å². The van der Waals surface area contributed by atoms with Gasteiger partial charge in [0, 0.05) is 32.2 Å².